The first kappa shape index (κ1) is 15.3. The van der Waals surface area contributed by atoms with Crippen LogP contribution in [0, 0.1) is 18.3 Å². The van der Waals surface area contributed by atoms with Gasteiger partial charge in [-0.05, 0) is 42.3 Å². The average Bonchev–Trinajstić information content (AvgIpc) is 2.48. The Labute approximate surface area is 132 Å². The lowest BCUT2D eigenvalue weighted by Gasteiger charge is -2.11. The van der Waals surface area contributed by atoms with E-state index in [-0.39, 0.29) is 5.78 Å². The molecule has 0 spiro atoms. The molecule has 0 bridgehead atoms. The Balaban J connectivity index is 2.36. The first-order chi connectivity index (χ1) is 10.1. The monoisotopic (exact) mass is 343 g/mol. The van der Waals surface area contributed by atoms with Crippen molar-refractivity contribution >= 4 is 21.7 Å². The van der Waals surface area contributed by atoms with E-state index >= 15 is 0 Å². The molecule has 0 fully saturated rings. The number of nitrogens with zero attached hydrogens (tertiary/aromatic N) is 1. The van der Waals surface area contributed by atoms with E-state index in [1.165, 1.54) is 0 Å². The number of halogens is 1. The molecule has 2 aromatic carbocycles. The van der Waals surface area contributed by atoms with E-state index in [2.05, 4.69) is 22.0 Å². The Morgan fingerprint density at radius 3 is 2.43 bits per heavy atom. The summed E-state index contributed by atoms with van der Waals surface area (Å²) >= 11 is 3.39. The van der Waals surface area contributed by atoms with Crippen molar-refractivity contribution in [2.24, 2.45) is 0 Å². The number of ether oxygens (including phenoxy) is 1. The molecule has 0 N–H and O–H groups in total. The average molecular weight is 344 g/mol. The number of ketones is 1. The van der Waals surface area contributed by atoms with Gasteiger partial charge in [0, 0.05) is 10.0 Å². The number of methoxy groups -OCH3 is 1. The highest BCUT2D eigenvalue weighted by atomic mass is 79.9. The molecule has 1 unspecified atom stereocenters. The molecule has 21 heavy (non-hydrogen) atoms. The van der Waals surface area contributed by atoms with E-state index in [0.717, 1.165) is 5.56 Å². The van der Waals surface area contributed by atoms with Crippen molar-refractivity contribution in [2.45, 2.75) is 12.8 Å². The third kappa shape index (κ3) is 3.32. The number of hydrogen-bond acceptors (Lipinski definition) is 3. The van der Waals surface area contributed by atoms with Gasteiger partial charge in [0.2, 0.25) is 0 Å². The van der Waals surface area contributed by atoms with Gasteiger partial charge in [0.15, 0.2) is 5.78 Å². The van der Waals surface area contributed by atoms with Crippen molar-refractivity contribution in [3.63, 3.8) is 0 Å². The molecule has 0 saturated heterocycles. The van der Waals surface area contributed by atoms with Crippen molar-refractivity contribution in [2.75, 3.05) is 7.11 Å². The second kappa shape index (κ2) is 6.55. The molecule has 0 aliphatic carbocycles. The molecule has 3 nitrogen and oxygen atoms in total. The van der Waals surface area contributed by atoms with Crippen LogP contribution >= 0.6 is 15.9 Å². The van der Waals surface area contributed by atoms with Gasteiger partial charge in [0.1, 0.15) is 11.7 Å². The van der Waals surface area contributed by atoms with Crippen molar-refractivity contribution in [3.05, 3.63) is 63.6 Å². The maximum Gasteiger partial charge on any atom is 0.185 e. The first-order valence-electron chi connectivity index (χ1n) is 6.40. The van der Waals surface area contributed by atoms with Crippen LogP contribution in [0.25, 0.3) is 0 Å². The van der Waals surface area contributed by atoms with E-state index in [9.17, 15) is 10.1 Å². The fraction of sp³-hybridized carbons (Fsp3) is 0.176. The molecule has 0 amide bonds. The molecule has 4 heteroatoms. The summed E-state index contributed by atoms with van der Waals surface area (Å²) in [6.45, 7) is 1.95. The number of benzene rings is 2. The van der Waals surface area contributed by atoms with E-state index in [0.29, 0.717) is 21.3 Å². The van der Waals surface area contributed by atoms with Crippen LogP contribution in [0.3, 0.4) is 0 Å². The SMILES string of the molecule is COc1ccc(C(C#N)C(=O)c2ccc(C)cc2Br)cc1. The highest BCUT2D eigenvalue weighted by Crippen LogP contribution is 2.27. The van der Waals surface area contributed by atoms with Gasteiger partial charge in [-0.2, -0.15) is 5.26 Å². The van der Waals surface area contributed by atoms with Crippen LogP contribution in [0.2, 0.25) is 0 Å². The minimum absolute atomic E-state index is 0.213. The van der Waals surface area contributed by atoms with Crippen LogP contribution < -0.4 is 4.74 Å². The Hall–Kier alpha value is -2.12. The van der Waals surface area contributed by atoms with Gasteiger partial charge in [0.25, 0.3) is 0 Å². The maximum atomic E-state index is 12.6. The van der Waals surface area contributed by atoms with Crippen LogP contribution in [0.4, 0.5) is 0 Å². The van der Waals surface area contributed by atoms with E-state index in [1.807, 2.05) is 19.1 Å². The lowest BCUT2D eigenvalue weighted by atomic mass is 9.91. The number of nitriles is 1. The zero-order chi connectivity index (χ0) is 15.4. The summed E-state index contributed by atoms with van der Waals surface area (Å²) in [6.07, 6.45) is 0. The maximum absolute atomic E-state index is 12.6. The number of carbonyl (C=O) groups excluding carboxylic acids is 1. The number of hydrogen-bond donors (Lipinski definition) is 0. The molecule has 0 saturated carbocycles. The zero-order valence-electron chi connectivity index (χ0n) is 11.8. The predicted octanol–water partition coefficient (Wildman–Crippen LogP) is 4.26. The second-order valence-electron chi connectivity index (χ2n) is 4.68. The van der Waals surface area contributed by atoms with Gasteiger partial charge in [-0.15, -0.1) is 0 Å². The van der Waals surface area contributed by atoms with Crippen molar-refractivity contribution in [3.8, 4) is 11.8 Å². The summed E-state index contributed by atoms with van der Waals surface area (Å²) in [5.41, 5.74) is 2.23. The minimum atomic E-state index is -0.824. The normalized spacial score (nSPS) is 11.5. The number of rotatable bonds is 4. The molecule has 2 aromatic rings. The topological polar surface area (TPSA) is 50.1 Å². The highest BCUT2D eigenvalue weighted by Gasteiger charge is 2.23. The van der Waals surface area contributed by atoms with Crippen LogP contribution in [-0.2, 0) is 0 Å². The molecule has 0 heterocycles. The summed E-state index contributed by atoms with van der Waals surface area (Å²) < 4.78 is 5.79. The van der Waals surface area contributed by atoms with Crippen molar-refractivity contribution < 1.29 is 9.53 Å². The Bertz CT molecular complexity index is 702. The van der Waals surface area contributed by atoms with Crippen LogP contribution in [0.5, 0.6) is 5.75 Å². The zero-order valence-corrected chi connectivity index (χ0v) is 13.3. The van der Waals surface area contributed by atoms with Gasteiger partial charge in [-0.25, -0.2) is 0 Å². The van der Waals surface area contributed by atoms with Crippen LogP contribution in [0.1, 0.15) is 27.4 Å². The number of carbonyl (C=O) groups is 1. The summed E-state index contributed by atoms with van der Waals surface area (Å²) in [5, 5.41) is 9.37. The number of aryl methyl sites for hydroxylation is 1. The summed E-state index contributed by atoms with van der Waals surface area (Å²) in [5.74, 6) is -0.344. The van der Waals surface area contributed by atoms with Gasteiger partial charge in [-0.1, -0.05) is 34.1 Å². The smallest absolute Gasteiger partial charge is 0.185 e. The van der Waals surface area contributed by atoms with Gasteiger partial charge in [0.05, 0.1) is 13.2 Å². The molecule has 0 aliphatic heterocycles. The lowest BCUT2D eigenvalue weighted by molar-refractivity contribution is 0.0978. The van der Waals surface area contributed by atoms with Crippen molar-refractivity contribution in [1.29, 1.82) is 5.26 Å². The Morgan fingerprint density at radius 2 is 1.90 bits per heavy atom. The Kier molecular flexibility index (Phi) is 4.77. The van der Waals surface area contributed by atoms with Crippen LogP contribution in [0.15, 0.2) is 46.9 Å². The molecule has 1 atom stereocenters. The fourth-order valence-electron chi connectivity index (χ4n) is 2.06. The molecule has 0 aliphatic rings. The lowest BCUT2D eigenvalue weighted by Crippen LogP contribution is -2.12. The van der Waals surface area contributed by atoms with Crippen molar-refractivity contribution in [1.82, 2.24) is 0 Å². The Morgan fingerprint density at radius 1 is 1.24 bits per heavy atom. The fourth-order valence-corrected chi connectivity index (χ4v) is 2.75. The van der Waals surface area contributed by atoms with Gasteiger partial charge >= 0.3 is 0 Å². The quantitative estimate of drug-likeness (QED) is 0.779. The van der Waals surface area contributed by atoms with Gasteiger partial charge < -0.3 is 4.74 Å². The predicted molar refractivity (Wildman–Crippen MR) is 84.6 cm³/mol. The van der Waals surface area contributed by atoms with Gasteiger partial charge in [-0.3, -0.25) is 4.79 Å². The molecule has 0 radical (unpaired) electrons. The summed E-state index contributed by atoms with van der Waals surface area (Å²) in [6, 6.07) is 14.5. The molecular weight excluding hydrogens is 330 g/mol. The minimum Gasteiger partial charge on any atom is -0.497 e. The number of Topliss-reactive ketones (excluding diaryl/α,β-unsaturated/α-hetero) is 1. The summed E-state index contributed by atoms with van der Waals surface area (Å²) in [7, 11) is 1.57. The molecular formula is C17H14BrNO2. The van der Waals surface area contributed by atoms with E-state index in [1.54, 1.807) is 37.4 Å². The molecule has 0 aromatic heterocycles. The van der Waals surface area contributed by atoms with E-state index in [4.69, 9.17) is 4.74 Å². The third-order valence-electron chi connectivity index (χ3n) is 3.23. The highest BCUT2D eigenvalue weighted by molar-refractivity contribution is 9.10. The summed E-state index contributed by atoms with van der Waals surface area (Å²) in [4.78, 5) is 12.6. The third-order valence-corrected chi connectivity index (χ3v) is 3.89. The first-order valence-corrected chi connectivity index (χ1v) is 7.20. The largest absolute Gasteiger partial charge is 0.497 e. The standard InChI is InChI=1S/C17H14BrNO2/c1-11-3-8-14(16(18)9-11)17(20)15(10-19)12-4-6-13(21-2)7-5-12/h3-9,15H,1-2H3. The van der Waals surface area contributed by atoms with Crippen LogP contribution in [-0.4, -0.2) is 12.9 Å². The molecule has 2 rings (SSSR count). The molecule has 106 valence electrons. The second-order valence-corrected chi connectivity index (χ2v) is 5.54. The van der Waals surface area contributed by atoms with E-state index < -0.39 is 5.92 Å².